The zero-order chi connectivity index (χ0) is 16.8. The van der Waals surface area contributed by atoms with Crippen molar-refractivity contribution in [3.05, 3.63) is 29.3 Å². The van der Waals surface area contributed by atoms with E-state index in [1.165, 1.54) is 11.8 Å². The van der Waals surface area contributed by atoms with Gasteiger partial charge in [-0.3, -0.25) is 9.59 Å². The number of nitrogens with two attached hydrogens (primary N) is 1. The number of carbonyl (C=O) groups excluding carboxylic acids is 2. The van der Waals surface area contributed by atoms with E-state index in [1.807, 2.05) is 0 Å². The predicted molar refractivity (Wildman–Crippen MR) is 86.4 cm³/mol. The summed E-state index contributed by atoms with van der Waals surface area (Å²) in [6.07, 6.45) is 0. The number of carbonyl (C=O) groups is 2. The molecular weight excluding hydrogens is 342 g/mol. The second-order valence-corrected chi connectivity index (χ2v) is 5.70. The first kappa shape index (κ1) is 17.1. The summed E-state index contributed by atoms with van der Waals surface area (Å²) in [7, 11) is 1.25. The van der Waals surface area contributed by atoms with Crippen LogP contribution in [0, 0.1) is 0 Å². The van der Waals surface area contributed by atoms with E-state index in [9.17, 15) is 9.59 Å². The maximum Gasteiger partial charge on any atom is 0.325 e. The molecule has 0 aliphatic carbocycles. The van der Waals surface area contributed by atoms with E-state index in [-0.39, 0.29) is 18.2 Å². The Hall–Kier alpha value is -2.26. The summed E-state index contributed by atoms with van der Waals surface area (Å²) in [4.78, 5) is 22.5. The molecule has 2 rings (SSSR count). The van der Waals surface area contributed by atoms with Crippen molar-refractivity contribution in [2.75, 3.05) is 25.3 Å². The lowest BCUT2D eigenvalue weighted by Gasteiger charge is -2.05. The Balaban J connectivity index is 1.96. The third kappa shape index (κ3) is 4.60. The van der Waals surface area contributed by atoms with E-state index in [0.717, 1.165) is 17.3 Å². The van der Waals surface area contributed by atoms with Crippen molar-refractivity contribution in [3.63, 3.8) is 0 Å². The fourth-order valence-corrected chi connectivity index (χ4v) is 2.41. The van der Waals surface area contributed by atoms with E-state index < -0.39 is 5.97 Å². The Morgan fingerprint density at radius 1 is 1.35 bits per heavy atom. The van der Waals surface area contributed by atoms with E-state index >= 15 is 0 Å². The van der Waals surface area contributed by atoms with E-state index in [2.05, 4.69) is 20.3 Å². The van der Waals surface area contributed by atoms with Gasteiger partial charge in [0.25, 0.3) is 0 Å². The summed E-state index contributed by atoms with van der Waals surface area (Å²) >= 11 is 6.94. The SMILES string of the molecule is COC(=O)CNC(=O)CSc1nnc(-c2ccc(Cl)cc2)n1N. The number of aromatic nitrogens is 3. The number of nitrogens with zero attached hydrogens (tertiary/aromatic N) is 3. The first-order valence-electron chi connectivity index (χ1n) is 6.44. The molecule has 2 aromatic rings. The standard InChI is InChI=1S/C13H14ClN5O3S/c1-22-11(21)6-16-10(20)7-23-13-18-17-12(19(13)15)8-2-4-9(14)5-3-8/h2-5H,6-7,15H2,1H3,(H,16,20). The van der Waals surface area contributed by atoms with E-state index in [4.69, 9.17) is 17.4 Å². The third-order valence-electron chi connectivity index (χ3n) is 2.76. The number of esters is 1. The van der Waals surface area contributed by atoms with Crippen molar-refractivity contribution in [1.82, 2.24) is 20.2 Å². The summed E-state index contributed by atoms with van der Waals surface area (Å²) in [5.74, 6) is 5.59. The highest BCUT2D eigenvalue weighted by molar-refractivity contribution is 7.99. The summed E-state index contributed by atoms with van der Waals surface area (Å²) in [5, 5.41) is 11.3. The molecule has 0 spiro atoms. The fourth-order valence-electron chi connectivity index (χ4n) is 1.60. The second-order valence-electron chi connectivity index (χ2n) is 4.32. The molecule has 23 heavy (non-hydrogen) atoms. The Bertz CT molecular complexity index is 704. The van der Waals surface area contributed by atoms with Gasteiger partial charge in [-0.2, -0.15) is 0 Å². The van der Waals surface area contributed by atoms with Crippen LogP contribution in [-0.4, -0.2) is 46.2 Å². The lowest BCUT2D eigenvalue weighted by molar-refractivity contribution is -0.140. The van der Waals surface area contributed by atoms with Crippen LogP contribution in [0.15, 0.2) is 29.4 Å². The topological polar surface area (TPSA) is 112 Å². The monoisotopic (exact) mass is 355 g/mol. The number of nitrogens with one attached hydrogen (secondary N) is 1. The fraction of sp³-hybridized carbons (Fsp3) is 0.231. The van der Waals surface area contributed by atoms with Gasteiger partial charge in [-0.25, -0.2) is 4.68 Å². The molecule has 0 fully saturated rings. The molecule has 1 amide bonds. The van der Waals surface area contributed by atoms with Crippen molar-refractivity contribution in [3.8, 4) is 11.4 Å². The molecule has 1 heterocycles. The lowest BCUT2D eigenvalue weighted by Crippen LogP contribution is -2.31. The Labute approximate surface area is 141 Å². The number of amides is 1. The molecule has 0 saturated heterocycles. The number of hydrogen-bond acceptors (Lipinski definition) is 7. The minimum atomic E-state index is -0.518. The number of ether oxygens (including phenoxy) is 1. The Kier molecular flexibility index (Phi) is 5.83. The molecule has 0 radical (unpaired) electrons. The Morgan fingerprint density at radius 3 is 2.70 bits per heavy atom. The van der Waals surface area contributed by atoms with Crippen LogP contribution >= 0.6 is 23.4 Å². The van der Waals surface area contributed by atoms with Crippen molar-refractivity contribution >= 4 is 35.2 Å². The van der Waals surface area contributed by atoms with Gasteiger partial charge in [-0.05, 0) is 24.3 Å². The van der Waals surface area contributed by atoms with Gasteiger partial charge in [0.15, 0.2) is 5.82 Å². The van der Waals surface area contributed by atoms with Crippen LogP contribution in [-0.2, 0) is 14.3 Å². The van der Waals surface area contributed by atoms with Crippen LogP contribution in [0.25, 0.3) is 11.4 Å². The number of nitrogen functional groups attached to an aromatic ring is 1. The Morgan fingerprint density at radius 2 is 2.04 bits per heavy atom. The van der Waals surface area contributed by atoms with Crippen LogP contribution in [0.5, 0.6) is 0 Å². The lowest BCUT2D eigenvalue weighted by atomic mass is 10.2. The van der Waals surface area contributed by atoms with Crippen LogP contribution in [0.2, 0.25) is 5.02 Å². The van der Waals surface area contributed by atoms with Crippen LogP contribution in [0.1, 0.15) is 0 Å². The minimum Gasteiger partial charge on any atom is -0.468 e. The summed E-state index contributed by atoms with van der Waals surface area (Å²) < 4.78 is 5.72. The average Bonchev–Trinajstić information content (AvgIpc) is 2.92. The summed E-state index contributed by atoms with van der Waals surface area (Å²) in [6.45, 7) is -0.179. The molecule has 122 valence electrons. The normalized spacial score (nSPS) is 10.3. The number of benzene rings is 1. The number of rotatable bonds is 6. The van der Waals surface area contributed by atoms with Gasteiger partial charge < -0.3 is 15.9 Å². The first-order chi connectivity index (χ1) is 11.0. The third-order valence-corrected chi connectivity index (χ3v) is 3.95. The quantitative estimate of drug-likeness (QED) is 0.445. The van der Waals surface area contributed by atoms with E-state index in [1.54, 1.807) is 24.3 Å². The van der Waals surface area contributed by atoms with Crippen molar-refractivity contribution in [2.45, 2.75) is 5.16 Å². The van der Waals surface area contributed by atoms with Crippen LogP contribution in [0.4, 0.5) is 0 Å². The summed E-state index contributed by atoms with van der Waals surface area (Å²) in [6, 6.07) is 6.98. The maximum absolute atomic E-state index is 11.6. The van der Waals surface area contributed by atoms with Gasteiger partial charge in [0.05, 0.1) is 12.9 Å². The van der Waals surface area contributed by atoms with Crippen LogP contribution < -0.4 is 11.2 Å². The highest BCUT2D eigenvalue weighted by atomic mass is 35.5. The highest BCUT2D eigenvalue weighted by Crippen LogP contribution is 2.22. The molecule has 3 N–H and O–H groups in total. The van der Waals surface area contributed by atoms with Crippen molar-refractivity contribution < 1.29 is 14.3 Å². The van der Waals surface area contributed by atoms with Gasteiger partial charge >= 0.3 is 5.97 Å². The predicted octanol–water partition coefficient (Wildman–Crippen LogP) is 0.694. The molecule has 1 aromatic heterocycles. The number of halogens is 1. The molecule has 10 heteroatoms. The molecule has 0 saturated carbocycles. The van der Waals surface area contributed by atoms with Gasteiger partial charge in [-0.1, -0.05) is 23.4 Å². The number of thioether (sulfide) groups is 1. The number of hydrogen-bond donors (Lipinski definition) is 2. The van der Waals surface area contributed by atoms with Crippen molar-refractivity contribution in [2.24, 2.45) is 0 Å². The van der Waals surface area contributed by atoms with Crippen LogP contribution in [0.3, 0.4) is 0 Å². The molecule has 0 atom stereocenters. The van der Waals surface area contributed by atoms with Gasteiger partial charge in [-0.15, -0.1) is 10.2 Å². The molecule has 0 aliphatic heterocycles. The molecule has 0 unspecified atom stereocenters. The molecule has 0 aliphatic rings. The summed E-state index contributed by atoms with van der Waals surface area (Å²) in [5.41, 5.74) is 0.756. The van der Waals surface area contributed by atoms with Gasteiger partial charge in [0.2, 0.25) is 11.1 Å². The highest BCUT2D eigenvalue weighted by Gasteiger charge is 2.14. The van der Waals surface area contributed by atoms with Crippen molar-refractivity contribution in [1.29, 1.82) is 0 Å². The number of methoxy groups -OCH3 is 1. The molecule has 1 aromatic carbocycles. The molecular formula is C13H14ClN5O3S. The van der Waals surface area contributed by atoms with Gasteiger partial charge in [0.1, 0.15) is 6.54 Å². The smallest absolute Gasteiger partial charge is 0.325 e. The molecule has 0 bridgehead atoms. The molecule has 8 nitrogen and oxygen atoms in total. The average molecular weight is 356 g/mol. The first-order valence-corrected chi connectivity index (χ1v) is 7.80. The zero-order valence-corrected chi connectivity index (χ0v) is 13.7. The van der Waals surface area contributed by atoms with Gasteiger partial charge in [0, 0.05) is 10.6 Å². The maximum atomic E-state index is 11.6. The largest absolute Gasteiger partial charge is 0.468 e. The minimum absolute atomic E-state index is 0.0486. The second kappa shape index (κ2) is 7.84. The van der Waals surface area contributed by atoms with E-state index in [0.29, 0.717) is 16.0 Å². The zero-order valence-electron chi connectivity index (χ0n) is 12.2.